The Balaban J connectivity index is 0.000000183. The fourth-order valence-corrected chi connectivity index (χ4v) is 12.8. The van der Waals surface area contributed by atoms with Gasteiger partial charge in [0.1, 0.15) is 62.1 Å². The zero-order valence-electron chi connectivity index (χ0n) is 63.6. The minimum absolute atomic E-state index is 0.196. The van der Waals surface area contributed by atoms with Crippen molar-refractivity contribution >= 4 is 48.3 Å². The Morgan fingerprint density at radius 3 is 0.963 bits per heavy atom. The Bertz CT molecular complexity index is 3810. The maximum atomic E-state index is 12.6. The molecule has 7 aromatic carbocycles. The van der Waals surface area contributed by atoms with Gasteiger partial charge in [0.2, 0.25) is 0 Å². The Morgan fingerprint density at radius 1 is 0.330 bits per heavy atom. The van der Waals surface area contributed by atoms with Crippen molar-refractivity contribution < 1.29 is 85.7 Å². The minimum atomic E-state index is -0.563. The van der Waals surface area contributed by atoms with Crippen molar-refractivity contribution in [3.05, 3.63) is 239 Å². The molecule has 109 heavy (non-hydrogen) atoms. The number of esters is 4. The number of rotatable bonds is 27. The Kier molecular flexibility index (Phi) is 35.6. The second-order valence-electron chi connectivity index (χ2n) is 27.4. The van der Waals surface area contributed by atoms with Gasteiger partial charge >= 0.3 is 48.3 Å². The summed E-state index contributed by atoms with van der Waals surface area (Å²) in [6.45, 7) is 10.1. The number of carbonyl (C=O) groups excluding carboxylic acids is 8. The van der Waals surface area contributed by atoms with Gasteiger partial charge in [0.15, 0.2) is 0 Å². The van der Waals surface area contributed by atoms with E-state index in [1.165, 1.54) is 25.2 Å². The predicted molar refractivity (Wildman–Crippen MR) is 411 cm³/mol. The topological polar surface area (TPSA) is 242 Å². The number of amides is 4. The number of hydrogen-bond acceptors (Lipinski definition) is 18. The largest absolute Gasteiger partial charge is 0.496 e. The monoisotopic (exact) mass is 1490 g/mol. The van der Waals surface area contributed by atoms with Crippen molar-refractivity contribution in [2.24, 2.45) is 5.92 Å². The van der Waals surface area contributed by atoms with Gasteiger partial charge in [0.05, 0.1) is 40.6 Å². The van der Waals surface area contributed by atoms with Crippen LogP contribution >= 0.6 is 0 Å². The van der Waals surface area contributed by atoms with Gasteiger partial charge < -0.3 is 47.4 Å². The van der Waals surface area contributed by atoms with Crippen LogP contribution in [0, 0.1) is 12.8 Å². The number of methoxy groups -OCH3 is 2. The minimum Gasteiger partial charge on any atom is -0.496 e. The molecular weight excluding hydrogens is 1390 g/mol. The number of benzene rings is 7. The quantitative estimate of drug-likeness (QED) is 0.0264. The van der Waals surface area contributed by atoms with Crippen LogP contribution < -0.4 is 9.47 Å². The van der Waals surface area contributed by atoms with Crippen LogP contribution in [0.2, 0.25) is 0 Å². The Labute approximate surface area is 641 Å². The third kappa shape index (κ3) is 28.3. The molecule has 7 aromatic rings. The van der Waals surface area contributed by atoms with E-state index in [1.807, 2.05) is 203 Å². The third-order valence-electron chi connectivity index (χ3n) is 18.8. The fraction of sp³-hybridized carbons (Fsp3) is 0.425. The SMILES string of the molecule is COc1cc(CCCOC(=O)C2CCCCN2C(=O)OCC(C)C)cc(OC)c1C.O=C(OCCCc1ccccc1)C1CCCCN1C(=O)OCc1ccccc1.O=C(OCCc1ccccc1)C1CCCN1C(=O)OCc1ccccc1.O=C(OCc1ccccc1)C1CCCN1C(=O)OCc1ccccc1. The molecule has 4 aliphatic rings. The van der Waals surface area contributed by atoms with E-state index in [0.717, 1.165) is 108 Å². The standard InChI is InChI=1S/C23H35NO6.C23H27NO4.C21H23NO4.C20H21NO4/c1-16(2)15-30-23(26)24-11-7-6-10-19(24)22(25)29-12-8-9-18-13-20(27-4)17(3)21(14-18)28-5;25-22(27-17-9-14-19-10-3-1-4-11-19)21-15-7-8-16-24(21)23(26)28-18-20-12-5-2-6-13-20;23-20(25-15-13-17-8-3-1-4-9-17)19-12-7-14-22(19)21(24)26-16-18-10-5-2-6-11-18;22-19(24-14-16-8-3-1-4-9-16)18-12-7-13-21(18)20(23)25-15-17-10-5-2-6-11-17/h13-14,16,19H,6-12,15H2,1-5H3;1-6,10-13,21H,7-9,14-18H2;1-6,8-11,19H,7,12-16H2;1-6,8-11,18H,7,12-15H2. The molecule has 0 spiro atoms. The third-order valence-corrected chi connectivity index (χ3v) is 18.8. The number of nitrogens with zero attached hydrogens (tertiary/aromatic N) is 4. The molecule has 0 N–H and O–H groups in total. The first kappa shape index (κ1) is 83.7. The summed E-state index contributed by atoms with van der Waals surface area (Å²) in [5.74, 6) is 0.397. The molecule has 0 aromatic heterocycles. The van der Waals surface area contributed by atoms with Crippen molar-refractivity contribution in [2.45, 2.75) is 168 Å². The molecule has 22 nitrogen and oxygen atoms in total. The van der Waals surface area contributed by atoms with Crippen molar-refractivity contribution in [3.8, 4) is 11.5 Å². The molecule has 4 amide bonds. The summed E-state index contributed by atoms with van der Waals surface area (Å²) in [5.41, 5.74) is 8.03. The average molecular weight is 1500 g/mol. The molecule has 4 fully saturated rings. The molecule has 582 valence electrons. The fourth-order valence-electron chi connectivity index (χ4n) is 12.8. The lowest BCUT2D eigenvalue weighted by molar-refractivity contribution is -0.151. The van der Waals surface area contributed by atoms with Crippen LogP contribution in [0.25, 0.3) is 0 Å². The van der Waals surface area contributed by atoms with E-state index < -0.39 is 48.5 Å². The molecule has 4 atom stereocenters. The van der Waals surface area contributed by atoms with Crippen LogP contribution in [0.1, 0.15) is 135 Å². The first-order valence-electron chi connectivity index (χ1n) is 37.9. The molecule has 22 heteroatoms. The van der Waals surface area contributed by atoms with Gasteiger partial charge in [-0.05, 0) is 154 Å². The summed E-state index contributed by atoms with van der Waals surface area (Å²) in [7, 11) is 3.27. The highest BCUT2D eigenvalue weighted by atomic mass is 16.6. The van der Waals surface area contributed by atoms with Crippen molar-refractivity contribution in [3.63, 3.8) is 0 Å². The Hall–Kier alpha value is -10.9. The predicted octanol–water partition coefficient (Wildman–Crippen LogP) is 15.6. The normalized spacial score (nSPS) is 16.4. The van der Waals surface area contributed by atoms with Crippen LogP contribution in [0.15, 0.2) is 194 Å². The summed E-state index contributed by atoms with van der Waals surface area (Å²) in [5, 5.41) is 0. The van der Waals surface area contributed by atoms with Gasteiger partial charge in [0.25, 0.3) is 0 Å². The maximum absolute atomic E-state index is 12.6. The summed E-state index contributed by atoms with van der Waals surface area (Å²) in [4.78, 5) is 105. The summed E-state index contributed by atoms with van der Waals surface area (Å²) in [6, 6.07) is 59.7. The van der Waals surface area contributed by atoms with Gasteiger partial charge in [-0.3, -0.25) is 19.6 Å². The molecule has 4 unspecified atom stereocenters. The van der Waals surface area contributed by atoms with Crippen LogP contribution in [0.4, 0.5) is 19.2 Å². The highest BCUT2D eigenvalue weighted by molar-refractivity contribution is 5.84. The lowest BCUT2D eigenvalue weighted by atomic mass is 10.0. The van der Waals surface area contributed by atoms with Crippen molar-refractivity contribution in [2.75, 3.05) is 66.8 Å². The molecule has 4 saturated heterocycles. The molecule has 0 saturated carbocycles. The van der Waals surface area contributed by atoms with E-state index >= 15 is 0 Å². The van der Waals surface area contributed by atoms with E-state index in [4.69, 9.17) is 47.4 Å². The van der Waals surface area contributed by atoms with Crippen LogP contribution in [-0.4, -0.2) is 159 Å². The van der Waals surface area contributed by atoms with E-state index in [1.54, 1.807) is 14.2 Å². The second-order valence-corrected chi connectivity index (χ2v) is 27.4. The van der Waals surface area contributed by atoms with Gasteiger partial charge in [-0.25, -0.2) is 38.4 Å². The van der Waals surface area contributed by atoms with Crippen molar-refractivity contribution in [1.29, 1.82) is 0 Å². The lowest BCUT2D eigenvalue weighted by Gasteiger charge is -2.33. The van der Waals surface area contributed by atoms with E-state index in [2.05, 4.69) is 12.1 Å². The Morgan fingerprint density at radius 2 is 0.615 bits per heavy atom. The molecule has 0 radical (unpaired) electrons. The summed E-state index contributed by atoms with van der Waals surface area (Å²) >= 11 is 0. The van der Waals surface area contributed by atoms with Crippen LogP contribution in [-0.2, 0) is 103 Å². The molecule has 0 bridgehead atoms. The van der Waals surface area contributed by atoms with Crippen LogP contribution in [0.3, 0.4) is 0 Å². The van der Waals surface area contributed by atoms with Crippen molar-refractivity contribution in [1.82, 2.24) is 19.6 Å². The highest BCUT2D eigenvalue weighted by Crippen LogP contribution is 2.31. The summed E-state index contributed by atoms with van der Waals surface area (Å²) in [6.07, 6.45) is 9.44. The van der Waals surface area contributed by atoms with Gasteiger partial charge in [-0.15, -0.1) is 0 Å². The van der Waals surface area contributed by atoms with Gasteiger partial charge in [0, 0.05) is 38.2 Å². The van der Waals surface area contributed by atoms with E-state index in [-0.39, 0.29) is 56.2 Å². The van der Waals surface area contributed by atoms with Crippen LogP contribution in [0.5, 0.6) is 11.5 Å². The second kappa shape index (κ2) is 46.3. The molecule has 0 aliphatic carbocycles. The summed E-state index contributed by atoms with van der Waals surface area (Å²) < 4.78 is 53.9. The molecule has 4 heterocycles. The number of ether oxygens (including phenoxy) is 10. The average Bonchev–Trinajstić information content (AvgIpc) is 1.78. The van der Waals surface area contributed by atoms with E-state index in [0.29, 0.717) is 91.1 Å². The zero-order chi connectivity index (χ0) is 77.4. The molecule has 4 aliphatic heterocycles. The molecule has 11 rings (SSSR count). The number of likely N-dealkylation sites (tertiary alicyclic amines) is 4. The lowest BCUT2D eigenvalue weighted by Crippen LogP contribution is -2.49. The number of piperidine rings is 2. The number of carbonyl (C=O) groups is 8. The highest BCUT2D eigenvalue weighted by Gasteiger charge is 2.39. The number of aryl methyl sites for hydroxylation is 2. The van der Waals surface area contributed by atoms with Gasteiger partial charge in [-0.2, -0.15) is 0 Å². The molecular formula is C87H106N4O18. The van der Waals surface area contributed by atoms with Gasteiger partial charge in [-0.1, -0.05) is 196 Å². The maximum Gasteiger partial charge on any atom is 0.410 e. The smallest absolute Gasteiger partial charge is 0.410 e. The zero-order valence-corrected chi connectivity index (χ0v) is 63.6. The van der Waals surface area contributed by atoms with E-state index in [9.17, 15) is 38.4 Å². The number of hydrogen-bond donors (Lipinski definition) is 0. The first-order chi connectivity index (χ1) is 53.1. The first-order valence-corrected chi connectivity index (χ1v) is 37.9.